The molecule has 1 fully saturated rings. The molecule has 5 nitrogen and oxygen atoms in total. The molecule has 2 aromatic carbocycles. The Morgan fingerprint density at radius 2 is 1.78 bits per heavy atom. The van der Waals surface area contributed by atoms with Gasteiger partial charge in [-0.2, -0.15) is 0 Å². The molecule has 1 aliphatic heterocycles. The number of nitrogens with zero attached hydrogens (tertiary/aromatic N) is 3. The van der Waals surface area contributed by atoms with Crippen molar-refractivity contribution in [3.8, 4) is 0 Å². The average molecular weight is 452 g/mol. The quantitative estimate of drug-likeness (QED) is 0.522. The van der Waals surface area contributed by atoms with E-state index in [2.05, 4.69) is 36.1 Å². The summed E-state index contributed by atoms with van der Waals surface area (Å²) in [5.41, 5.74) is 4.25. The number of halogens is 1. The Hall–Kier alpha value is -2.60. The fraction of sp³-hybridized carbons (Fsp3) is 0.346. The maximum absolute atomic E-state index is 12.8. The monoisotopic (exact) mass is 451 g/mol. The van der Waals surface area contributed by atoms with Gasteiger partial charge in [0.25, 0.3) is 5.91 Å². The molecule has 0 radical (unpaired) electrons. The molecule has 6 heteroatoms. The highest BCUT2D eigenvalue weighted by atomic mass is 35.5. The van der Waals surface area contributed by atoms with Crippen molar-refractivity contribution in [1.29, 1.82) is 0 Å². The van der Waals surface area contributed by atoms with Crippen molar-refractivity contribution in [1.82, 2.24) is 14.4 Å². The molecule has 0 aliphatic carbocycles. The van der Waals surface area contributed by atoms with Crippen LogP contribution in [0.1, 0.15) is 33.3 Å². The Kier molecular flexibility index (Phi) is 7.30. The molecule has 32 heavy (non-hydrogen) atoms. The van der Waals surface area contributed by atoms with Crippen molar-refractivity contribution in [2.24, 2.45) is 7.05 Å². The van der Waals surface area contributed by atoms with E-state index in [1.54, 1.807) is 0 Å². The number of aryl methyl sites for hydroxylation is 2. The zero-order valence-electron chi connectivity index (χ0n) is 18.7. The van der Waals surface area contributed by atoms with E-state index in [0.717, 1.165) is 49.0 Å². The SMILES string of the molecule is Cc1cccc(COC(CN2CCN(C(=O)c3cccn3C)CC2)c2ccc(Cl)cc2)c1. The Bertz CT molecular complexity index is 1040. The number of benzene rings is 2. The van der Waals surface area contributed by atoms with E-state index in [0.29, 0.717) is 6.61 Å². The Morgan fingerprint density at radius 1 is 1.03 bits per heavy atom. The predicted molar refractivity (Wildman–Crippen MR) is 128 cm³/mol. The summed E-state index contributed by atoms with van der Waals surface area (Å²) >= 11 is 6.11. The van der Waals surface area contributed by atoms with Crippen LogP contribution in [0.25, 0.3) is 0 Å². The van der Waals surface area contributed by atoms with Crippen molar-refractivity contribution in [2.45, 2.75) is 19.6 Å². The van der Waals surface area contributed by atoms with Crippen molar-refractivity contribution in [2.75, 3.05) is 32.7 Å². The lowest BCUT2D eigenvalue weighted by molar-refractivity contribution is 0.00331. The van der Waals surface area contributed by atoms with Crippen LogP contribution in [0.5, 0.6) is 0 Å². The van der Waals surface area contributed by atoms with Crippen LogP contribution in [-0.4, -0.2) is 53.0 Å². The average Bonchev–Trinajstić information content (AvgIpc) is 3.23. The summed E-state index contributed by atoms with van der Waals surface area (Å²) in [6.45, 7) is 6.52. The van der Waals surface area contributed by atoms with Gasteiger partial charge >= 0.3 is 0 Å². The summed E-state index contributed by atoms with van der Waals surface area (Å²) in [4.78, 5) is 17.1. The zero-order valence-corrected chi connectivity index (χ0v) is 19.5. The van der Waals surface area contributed by atoms with E-state index in [1.807, 2.05) is 59.1 Å². The number of aromatic nitrogens is 1. The van der Waals surface area contributed by atoms with Crippen LogP contribution in [0.4, 0.5) is 0 Å². The first-order valence-corrected chi connectivity index (χ1v) is 11.4. The number of hydrogen-bond donors (Lipinski definition) is 0. The fourth-order valence-corrected chi connectivity index (χ4v) is 4.27. The molecule has 3 aromatic rings. The molecule has 1 aromatic heterocycles. The third kappa shape index (κ3) is 5.60. The topological polar surface area (TPSA) is 37.7 Å². The summed E-state index contributed by atoms with van der Waals surface area (Å²) in [5.74, 6) is 0.0992. The second-order valence-electron chi connectivity index (χ2n) is 8.44. The third-order valence-corrected chi connectivity index (χ3v) is 6.27. The first kappa shape index (κ1) is 22.6. The lowest BCUT2D eigenvalue weighted by Gasteiger charge is -2.36. The highest BCUT2D eigenvalue weighted by Crippen LogP contribution is 2.24. The molecule has 0 spiro atoms. The predicted octanol–water partition coefficient (Wildman–Crippen LogP) is 4.70. The van der Waals surface area contributed by atoms with Gasteiger partial charge in [0.05, 0.1) is 12.7 Å². The van der Waals surface area contributed by atoms with E-state index >= 15 is 0 Å². The number of amides is 1. The van der Waals surface area contributed by atoms with Crippen molar-refractivity contribution < 1.29 is 9.53 Å². The lowest BCUT2D eigenvalue weighted by Crippen LogP contribution is -2.50. The summed E-state index contributed by atoms with van der Waals surface area (Å²) in [5, 5.41) is 0.721. The van der Waals surface area contributed by atoms with Gasteiger partial charge in [0.15, 0.2) is 0 Å². The second kappa shape index (κ2) is 10.3. The van der Waals surface area contributed by atoms with Crippen molar-refractivity contribution in [3.63, 3.8) is 0 Å². The van der Waals surface area contributed by atoms with Crippen LogP contribution in [-0.2, 0) is 18.4 Å². The highest BCUT2D eigenvalue weighted by Gasteiger charge is 2.25. The van der Waals surface area contributed by atoms with Gasteiger partial charge in [-0.1, -0.05) is 53.6 Å². The standard InChI is InChI=1S/C26H30ClN3O2/c1-20-5-3-6-21(17-20)19-32-25(22-8-10-23(27)11-9-22)18-29-13-15-30(16-14-29)26(31)24-7-4-12-28(24)2/h3-12,17,25H,13-16,18-19H2,1-2H3. The number of carbonyl (C=O) groups is 1. The van der Waals surface area contributed by atoms with Crippen molar-refractivity contribution >= 4 is 17.5 Å². The van der Waals surface area contributed by atoms with Gasteiger partial charge in [-0.05, 0) is 42.3 Å². The normalized spacial score (nSPS) is 15.7. The van der Waals surface area contributed by atoms with E-state index < -0.39 is 0 Å². The number of hydrogen-bond acceptors (Lipinski definition) is 3. The fourth-order valence-electron chi connectivity index (χ4n) is 4.14. The molecule has 1 atom stereocenters. The van der Waals surface area contributed by atoms with Gasteiger partial charge in [-0.25, -0.2) is 0 Å². The molecule has 1 saturated heterocycles. The molecule has 0 bridgehead atoms. The molecule has 4 rings (SSSR count). The zero-order chi connectivity index (χ0) is 22.5. The van der Waals surface area contributed by atoms with Crippen LogP contribution in [0, 0.1) is 6.92 Å². The van der Waals surface area contributed by atoms with Gasteiger partial charge in [0, 0.05) is 51.0 Å². The minimum Gasteiger partial charge on any atom is -0.368 e. The minimum atomic E-state index is -0.0668. The molecule has 0 N–H and O–H groups in total. The molecule has 1 aliphatic rings. The second-order valence-corrected chi connectivity index (χ2v) is 8.87. The molecule has 2 heterocycles. The first-order chi connectivity index (χ1) is 15.5. The maximum atomic E-state index is 12.8. The Morgan fingerprint density at radius 3 is 2.44 bits per heavy atom. The summed E-state index contributed by atoms with van der Waals surface area (Å²) < 4.78 is 8.27. The Balaban J connectivity index is 1.39. The molecule has 1 unspecified atom stereocenters. The largest absolute Gasteiger partial charge is 0.368 e. The highest BCUT2D eigenvalue weighted by molar-refractivity contribution is 6.30. The van der Waals surface area contributed by atoms with Gasteiger partial charge in [0.1, 0.15) is 5.69 Å². The number of carbonyl (C=O) groups excluding carboxylic acids is 1. The smallest absolute Gasteiger partial charge is 0.270 e. The van der Waals surface area contributed by atoms with Gasteiger partial charge in [-0.3, -0.25) is 9.69 Å². The summed E-state index contributed by atoms with van der Waals surface area (Å²) in [6.07, 6.45) is 1.84. The van der Waals surface area contributed by atoms with Crippen molar-refractivity contribution in [3.05, 3.63) is 94.3 Å². The van der Waals surface area contributed by atoms with E-state index in [9.17, 15) is 4.79 Å². The third-order valence-electron chi connectivity index (χ3n) is 6.02. The first-order valence-electron chi connectivity index (χ1n) is 11.0. The van der Waals surface area contributed by atoms with E-state index in [4.69, 9.17) is 16.3 Å². The van der Waals surface area contributed by atoms with E-state index in [1.165, 1.54) is 11.1 Å². The van der Waals surface area contributed by atoms with Crippen LogP contribution < -0.4 is 0 Å². The van der Waals surface area contributed by atoms with Gasteiger partial charge in [-0.15, -0.1) is 0 Å². The molecular formula is C26H30ClN3O2. The van der Waals surface area contributed by atoms with Crippen LogP contribution in [0.3, 0.4) is 0 Å². The number of piperazine rings is 1. The summed E-state index contributed by atoms with van der Waals surface area (Å²) in [6, 6.07) is 20.1. The number of rotatable bonds is 7. The molecule has 168 valence electrons. The number of ether oxygens (including phenoxy) is 1. The minimum absolute atomic E-state index is 0.0668. The van der Waals surface area contributed by atoms with Crippen LogP contribution in [0.15, 0.2) is 66.9 Å². The van der Waals surface area contributed by atoms with Crippen LogP contribution >= 0.6 is 11.6 Å². The van der Waals surface area contributed by atoms with Gasteiger partial charge in [0.2, 0.25) is 0 Å². The van der Waals surface area contributed by atoms with E-state index in [-0.39, 0.29) is 12.0 Å². The van der Waals surface area contributed by atoms with Gasteiger partial charge < -0.3 is 14.2 Å². The lowest BCUT2D eigenvalue weighted by atomic mass is 10.1. The van der Waals surface area contributed by atoms with Crippen LogP contribution in [0.2, 0.25) is 5.02 Å². The molecule has 0 saturated carbocycles. The molecule has 1 amide bonds. The maximum Gasteiger partial charge on any atom is 0.270 e. The summed E-state index contributed by atoms with van der Waals surface area (Å²) in [7, 11) is 1.91. The Labute approximate surface area is 195 Å². The molecular weight excluding hydrogens is 422 g/mol.